The minimum Gasteiger partial charge on any atom is -0.373 e. The minimum atomic E-state index is -0.553. The molecular formula is C12H11N5O2. The highest BCUT2D eigenvalue weighted by molar-refractivity contribution is 5.69. The van der Waals surface area contributed by atoms with E-state index in [0.717, 1.165) is 5.56 Å². The van der Waals surface area contributed by atoms with Gasteiger partial charge in [0.2, 0.25) is 0 Å². The van der Waals surface area contributed by atoms with Crippen molar-refractivity contribution in [1.29, 1.82) is 5.26 Å². The molecule has 0 spiro atoms. The van der Waals surface area contributed by atoms with Crippen LogP contribution in [0.3, 0.4) is 0 Å². The van der Waals surface area contributed by atoms with Crippen molar-refractivity contribution >= 4 is 11.4 Å². The molecule has 0 amide bonds. The first kappa shape index (κ1) is 12.6. The summed E-state index contributed by atoms with van der Waals surface area (Å²) in [6.45, 7) is 1.85. The molecule has 2 aromatic rings. The second-order valence-corrected chi connectivity index (χ2v) is 3.97. The summed E-state index contributed by atoms with van der Waals surface area (Å²) >= 11 is 0. The Morgan fingerprint density at radius 1 is 1.58 bits per heavy atom. The van der Waals surface area contributed by atoms with E-state index < -0.39 is 4.92 Å². The lowest BCUT2D eigenvalue weighted by Crippen LogP contribution is -2.08. The Morgan fingerprint density at radius 3 is 2.95 bits per heavy atom. The molecule has 0 aliphatic heterocycles. The van der Waals surface area contributed by atoms with Crippen LogP contribution in [-0.4, -0.2) is 15.1 Å². The number of hydrogen-bond acceptors (Lipinski definition) is 5. The van der Waals surface area contributed by atoms with Gasteiger partial charge < -0.3 is 5.32 Å². The van der Waals surface area contributed by atoms with Crippen molar-refractivity contribution < 1.29 is 4.92 Å². The predicted molar refractivity (Wildman–Crippen MR) is 68.4 cm³/mol. The zero-order chi connectivity index (χ0) is 13.8. The van der Waals surface area contributed by atoms with Crippen molar-refractivity contribution in [3.8, 4) is 6.07 Å². The van der Waals surface area contributed by atoms with Gasteiger partial charge in [-0.25, -0.2) is 0 Å². The summed E-state index contributed by atoms with van der Waals surface area (Å²) in [4.78, 5) is 10.5. The number of hydrogen-bond donors (Lipinski definition) is 2. The Morgan fingerprint density at radius 2 is 2.37 bits per heavy atom. The van der Waals surface area contributed by atoms with Crippen LogP contribution >= 0.6 is 0 Å². The van der Waals surface area contributed by atoms with Crippen LogP contribution in [0.5, 0.6) is 0 Å². The number of rotatable bonds is 4. The summed E-state index contributed by atoms with van der Waals surface area (Å²) in [5.74, 6) is 0. The number of nitro benzene ring substituents is 1. The van der Waals surface area contributed by atoms with E-state index >= 15 is 0 Å². The minimum absolute atomic E-state index is 0.0365. The molecular weight excluding hydrogens is 246 g/mol. The Kier molecular flexibility index (Phi) is 3.43. The first-order valence-corrected chi connectivity index (χ1v) is 5.56. The van der Waals surface area contributed by atoms with Crippen LogP contribution in [0, 0.1) is 21.4 Å². The Bertz CT molecular complexity index is 630. The van der Waals surface area contributed by atoms with Crippen molar-refractivity contribution in [2.24, 2.45) is 0 Å². The first-order chi connectivity index (χ1) is 9.13. The molecule has 0 radical (unpaired) electrons. The second-order valence-electron chi connectivity index (χ2n) is 3.97. The molecule has 96 valence electrons. The van der Waals surface area contributed by atoms with Crippen LogP contribution < -0.4 is 5.32 Å². The smallest absolute Gasteiger partial charge is 0.309 e. The summed E-state index contributed by atoms with van der Waals surface area (Å²) in [5.41, 5.74) is 1.02. The van der Waals surface area contributed by atoms with E-state index in [9.17, 15) is 10.1 Å². The highest BCUT2D eigenvalue weighted by Gasteiger charge is 2.21. The van der Waals surface area contributed by atoms with Crippen molar-refractivity contribution in [2.75, 3.05) is 5.32 Å². The van der Waals surface area contributed by atoms with Gasteiger partial charge in [-0.1, -0.05) is 6.07 Å². The molecule has 0 saturated carbocycles. The van der Waals surface area contributed by atoms with Gasteiger partial charge in [-0.05, 0) is 19.1 Å². The van der Waals surface area contributed by atoms with E-state index in [0.29, 0.717) is 5.69 Å². The van der Waals surface area contributed by atoms with E-state index in [1.54, 1.807) is 24.5 Å². The highest BCUT2D eigenvalue weighted by Crippen LogP contribution is 2.30. The fraction of sp³-hybridized carbons (Fsp3) is 0.167. The van der Waals surface area contributed by atoms with Crippen molar-refractivity contribution in [3.63, 3.8) is 0 Å². The lowest BCUT2D eigenvalue weighted by atomic mass is 10.1. The van der Waals surface area contributed by atoms with E-state index in [-0.39, 0.29) is 17.3 Å². The van der Waals surface area contributed by atoms with Gasteiger partial charge in [0.05, 0.1) is 17.2 Å². The quantitative estimate of drug-likeness (QED) is 0.645. The molecule has 1 aromatic heterocycles. The molecule has 2 rings (SSSR count). The van der Waals surface area contributed by atoms with Crippen LogP contribution in [0.15, 0.2) is 30.6 Å². The van der Waals surface area contributed by atoms with E-state index in [4.69, 9.17) is 5.26 Å². The summed E-state index contributed by atoms with van der Waals surface area (Å²) in [5, 5.41) is 29.5. The third kappa shape index (κ3) is 2.52. The number of para-hydroxylation sites is 1. The van der Waals surface area contributed by atoms with Gasteiger partial charge in [0.15, 0.2) is 0 Å². The zero-order valence-electron chi connectivity index (χ0n) is 10.1. The van der Waals surface area contributed by atoms with Gasteiger partial charge in [0, 0.05) is 11.8 Å². The number of nitrogens with zero attached hydrogens (tertiary/aromatic N) is 3. The maximum Gasteiger partial charge on any atom is 0.309 e. The second kappa shape index (κ2) is 5.18. The third-order valence-electron chi connectivity index (χ3n) is 2.73. The summed E-state index contributed by atoms with van der Waals surface area (Å²) in [7, 11) is 0. The number of benzene rings is 1. The monoisotopic (exact) mass is 257 g/mol. The average molecular weight is 257 g/mol. The van der Waals surface area contributed by atoms with Crippen molar-refractivity contribution in [3.05, 3.63) is 51.8 Å². The molecule has 19 heavy (non-hydrogen) atoms. The number of nitro groups is 1. The van der Waals surface area contributed by atoms with Crippen molar-refractivity contribution in [1.82, 2.24) is 10.2 Å². The number of anilines is 1. The van der Waals surface area contributed by atoms with Gasteiger partial charge in [-0.15, -0.1) is 0 Å². The third-order valence-corrected chi connectivity index (χ3v) is 2.73. The molecule has 1 unspecified atom stereocenters. The van der Waals surface area contributed by atoms with Crippen LogP contribution in [-0.2, 0) is 0 Å². The van der Waals surface area contributed by atoms with Gasteiger partial charge in [-0.2, -0.15) is 10.4 Å². The van der Waals surface area contributed by atoms with Crippen molar-refractivity contribution in [2.45, 2.75) is 13.0 Å². The number of nitrogens with one attached hydrogen (secondary N) is 2. The largest absolute Gasteiger partial charge is 0.373 e. The molecule has 7 nitrogen and oxygen atoms in total. The van der Waals surface area contributed by atoms with Gasteiger partial charge in [0.1, 0.15) is 17.3 Å². The molecule has 1 aromatic carbocycles. The number of nitriles is 1. The Labute approximate surface area is 109 Å². The van der Waals surface area contributed by atoms with Crippen LogP contribution in [0.2, 0.25) is 0 Å². The molecule has 1 atom stereocenters. The van der Waals surface area contributed by atoms with Crippen LogP contribution in [0.4, 0.5) is 11.4 Å². The lowest BCUT2D eigenvalue weighted by Gasteiger charge is -2.13. The van der Waals surface area contributed by atoms with E-state index in [1.165, 1.54) is 6.07 Å². The molecule has 0 saturated heterocycles. The van der Waals surface area contributed by atoms with E-state index in [1.807, 2.05) is 13.0 Å². The lowest BCUT2D eigenvalue weighted by molar-refractivity contribution is -0.384. The number of H-pyrrole nitrogens is 1. The zero-order valence-corrected chi connectivity index (χ0v) is 10.1. The fourth-order valence-electron chi connectivity index (χ4n) is 1.76. The maximum atomic E-state index is 11.1. The standard InChI is InChI=1S/C12H11N5O2/c1-8(10-6-14-15-7-10)16-11-4-2-3-9(5-13)12(11)17(18)19/h2-4,6-8,16H,1H3,(H,14,15). The Balaban J connectivity index is 2.35. The molecule has 0 aliphatic carbocycles. The fourth-order valence-corrected chi connectivity index (χ4v) is 1.76. The molecule has 2 N–H and O–H groups in total. The predicted octanol–water partition coefficient (Wildman–Crippen LogP) is 2.36. The van der Waals surface area contributed by atoms with Crippen LogP contribution in [0.25, 0.3) is 0 Å². The molecule has 1 heterocycles. The summed E-state index contributed by atoms with van der Waals surface area (Å²) < 4.78 is 0. The molecule has 7 heteroatoms. The van der Waals surface area contributed by atoms with Gasteiger partial charge >= 0.3 is 5.69 Å². The summed E-state index contributed by atoms with van der Waals surface area (Å²) in [6.07, 6.45) is 3.34. The molecule has 0 aliphatic rings. The van der Waals surface area contributed by atoms with Gasteiger partial charge in [-0.3, -0.25) is 15.2 Å². The Hall–Kier alpha value is -2.88. The number of aromatic nitrogens is 2. The summed E-state index contributed by atoms with van der Waals surface area (Å²) in [6, 6.07) is 6.27. The topological polar surface area (TPSA) is 108 Å². The number of aromatic amines is 1. The molecule has 0 bridgehead atoms. The normalized spacial score (nSPS) is 11.6. The average Bonchev–Trinajstić information content (AvgIpc) is 2.92. The first-order valence-electron chi connectivity index (χ1n) is 5.56. The van der Waals surface area contributed by atoms with Crippen LogP contribution in [0.1, 0.15) is 24.1 Å². The molecule has 0 fully saturated rings. The SMILES string of the molecule is CC(Nc1cccc(C#N)c1[N+](=O)[O-])c1cn[nH]c1. The van der Waals surface area contributed by atoms with Gasteiger partial charge in [0.25, 0.3) is 0 Å². The maximum absolute atomic E-state index is 11.1. The van der Waals surface area contributed by atoms with E-state index in [2.05, 4.69) is 15.5 Å². The highest BCUT2D eigenvalue weighted by atomic mass is 16.6.